The van der Waals surface area contributed by atoms with E-state index in [0.717, 1.165) is 23.7 Å². The second-order valence-corrected chi connectivity index (χ2v) is 7.12. The summed E-state index contributed by atoms with van der Waals surface area (Å²) in [5.74, 6) is 3.01. The standard InChI is InChI=1S/C22H24N2O2/c1-4-17-6-5-13-24(17)22(26)10-9-21(25)19-11-12-23-20-14-16(15(2)3)7-8-18(19)20/h1,7-8,11-12,14-15,17H,5-6,9-10,13H2,2-3H3/t17-/m1/s1. The number of amides is 1. The molecule has 0 spiro atoms. The maximum absolute atomic E-state index is 12.7. The van der Waals surface area contributed by atoms with Crippen molar-refractivity contribution in [2.45, 2.75) is 51.5 Å². The van der Waals surface area contributed by atoms with Crippen LogP contribution in [0.25, 0.3) is 10.9 Å². The number of rotatable bonds is 5. The number of nitrogens with zero attached hydrogens (tertiary/aromatic N) is 2. The van der Waals surface area contributed by atoms with Crippen molar-refractivity contribution in [1.29, 1.82) is 0 Å². The third-order valence-electron chi connectivity index (χ3n) is 5.07. The number of hydrogen-bond donors (Lipinski definition) is 0. The summed E-state index contributed by atoms with van der Waals surface area (Å²) in [5.41, 5.74) is 2.65. The zero-order chi connectivity index (χ0) is 18.7. The maximum Gasteiger partial charge on any atom is 0.224 e. The highest BCUT2D eigenvalue weighted by atomic mass is 16.2. The van der Waals surface area contributed by atoms with Crippen molar-refractivity contribution in [3.63, 3.8) is 0 Å². The number of Topliss-reactive ketones (excluding diaryl/α,β-unsaturated/α-hetero) is 1. The SMILES string of the molecule is C#C[C@@H]1CCCN1C(=O)CCC(=O)c1ccnc2cc(C(C)C)ccc12. The zero-order valence-electron chi connectivity index (χ0n) is 15.4. The lowest BCUT2D eigenvalue weighted by Crippen LogP contribution is -2.34. The minimum Gasteiger partial charge on any atom is -0.329 e. The number of benzene rings is 1. The molecule has 0 radical (unpaired) electrons. The van der Waals surface area contributed by atoms with Crippen LogP contribution in [0.2, 0.25) is 0 Å². The first kappa shape index (κ1) is 18.1. The molecule has 1 atom stereocenters. The second kappa shape index (κ2) is 7.70. The third-order valence-corrected chi connectivity index (χ3v) is 5.07. The first-order chi connectivity index (χ1) is 12.5. The number of hydrogen-bond acceptors (Lipinski definition) is 3. The average molecular weight is 348 g/mol. The number of aromatic nitrogens is 1. The molecule has 1 aromatic heterocycles. The Morgan fingerprint density at radius 2 is 2.12 bits per heavy atom. The van der Waals surface area contributed by atoms with Crippen molar-refractivity contribution >= 4 is 22.6 Å². The Kier molecular flexibility index (Phi) is 5.37. The third kappa shape index (κ3) is 3.62. The molecule has 2 aromatic rings. The lowest BCUT2D eigenvalue weighted by Gasteiger charge is -2.20. The Labute approximate surface area is 154 Å². The normalized spacial score (nSPS) is 16.8. The predicted octanol–water partition coefficient (Wildman–Crippen LogP) is 3.95. The summed E-state index contributed by atoms with van der Waals surface area (Å²) in [5, 5.41) is 0.844. The van der Waals surface area contributed by atoms with E-state index in [0.29, 0.717) is 18.0 Å². The van der Waals surface area contributed by atoms with E-state index in [9.17, 15) is 9.59 Å². The van der Waals surface area contributed by atoms with Gasteiger partial charge in [0.15, 0.2) is 5.78 Å². The van der Waals surface area contributed by atoms with E-state index in [4.69, 9.17) is 6.42 Å². The van der Waals surface area contributed by atoms with Gasteiger partial charge in [0.25, 0.3) is 0 Å². The first-order valence-corrected chi connectivity index (χ1v) is 9.18. The molecule has 3 rings (SSSR count). The second-order valence-electron chi connectivity index (χ2n) is 7.12. The molecule has 1 fully saturated rings. The molecule has 0 unspecified atom stereocenters. The lowest BCUT2D eigenvalue weighted by molar-refractivity contribution is -0.131. The Morgan fingerprint density at radius 1 is 1.31 bits per heavy atom. The minimum absolute atomic E-state index is 0.0282. The molecule has 0 saturated carbocycles. The van der Waals surface area contributed by atoms with E-state index in [1.165, 1.54) is 5.56 Å². The van der Waals surface area contributed by atoms with Crippen LogP contribution >= 0.6 is 0 Å². The highest BCUT2D eigenvalue weighted by Gasteiger charge is 2.27. The van der Waals surface area contributed by atoms with Crippen LogP contribution in [-0.2, 0) is 4.79 Å². The predicted molar refractivity (Wildman–Crippen MR) is 103 cm³/mol. The molecule has 4 heteroatoms. The summed E-state index contributed by atoms with van der Waals surface area (Å²) in [4.78, 5) is 31.2. The fourth-order valence-corrected chi connectivity index (χ4v) is 3.50. The number of carbonyl (C=O) groups excluding carboxylic acids is 2. The van der Waals surface area contributed by atoms with E-state index >= 15 is 0 Å². The maximum atomic E-state index is 12.7. The molecular weight excluding hydrogens is 324 g/mol. The molecule has 134 valence electrons. The van der Waals surface area contributed by atoms with Gasteiger partial charge in [-0.15, -0.1) is 6.42 Å². The van der Waals surface area contributed by atoms with Gasteiger partial charge >= 0.3 is 0 Å². The van der Waals surface area contributed by atoms with Crippen molar-refractivity contribution in [2.24, 2.45) is 0 Å². The zero-order valence-corrected chi connectivity index (χ0v) is 15.4. The molecule has 2 heterocycles. The molecular formula is C22H24N2O2. The number of carbonyl (C=O) groups is 2. The van der Waals surface area contributed by atoms with Crippen LogP contribution in [0, 0.1) is 12.3 Å². The van der Waals surface area contributed by atoms with Crippen molar-refractivity contribution in [1.82, 2.24) is 9.88 Å². The molecule has 4 nitrogen and oxygen atoms in total. The Hall–Kier alpha value is -2.67. The van der Waals surface area contributed by atoms with Gasteiger partial charge in [-0.2, -0.15) is 0 Å². The Morgan fingerprint density at radius 3 is 2.85 bits per heavy atom. The smallest absolute Gasteiger partial charge is 0.224 e. The van der Waals surface area contributed by atoms with Crippen LogP contribution in [0.3, 0.4) is 0 Å². The number of terminal acetylenes is 1. The van der Waals surface area contributed by atoms with Crippen molar-refractivity contribution in [3.8, 4) is 12.3 Å². The van der Waals surface area contributed by atoms with E-state index in [-0.39, 0.29) is 30.6 Å². The Balaban J connectivity index is 1.74. The highest BCUT2D eigenvalue weighted by molar-refractivity contribution is 6.08. The van der Waals surface area contributed by atoms with Gasteiger partial charge < -0.3 is 4.90 Å². The van der Waals surface area contributed by atoms with Gasteiger partial charge in [-0.05, 0) is 36.5 Å². The van der Waals surface area contributed by atoms with Gasteiger partial charge in [-0.25, -0.2) is 0 Å². The average Bonchev–Trinajstić information content (AvgIpc) is 3.13. The van der Waals surface area contributed by atoms with Crippen LogP contribution in [0.1, 0.15) is 61.4 Å². The van der Waals surface area contributed by atoms with Crippen LogP contribution in [0.15, 0.2) is 30.5 Å². The van der Waals surface area contributed by atoms with Gasteiger partial charge in [-0.3, -0.25) is 14.6 Å². The monoisotopic (exact) mass is 348 g/mol. The summed E-state index contributed by atoms with van der Waals surface area (Å²) < 4.78 is 0. The van der Waals surface area contributed by atoms with Gasteiger partial charge in [0.1, 0.15) is 0 Å². The lowest BCUT2D eigenvalue weighted by atomic mass is 9.97. The fraction of sp³-hybridized carbons (Fsp3) is 0.409. The summed E-state index contributed by atoms with van der Waals surface area (Å²) in [6.45, 7) is 4.95. The topological polar surface area (TPSA) is 50.3 Å². The van der Waals surface area contributed by atoms with E-state index < -0.39 is 0 Å². The summed E-state index contributed by atoms with van der Waals surface area (Å²) >= 11 is 0. The molecule has 0 bridgehead atoms. The van der Waals surface area contributed by atoms with Gasteiger partial charge in [0.2, 0.25) is 5.91 Å². The van der Waals surface area contributed by atoms with E-state index in [2.05, 4.69) is 24.8 Å². The first-order valence-electron chi connectivity index (χ1n) is 9.18. The largest absolute Gasteiger partial charge is 0.329 e. The number of ketones is 1. The van der Waals surface area contributed by atoms with Crippen molar-refractivity contribution in [2.75, 3.05) is 6.54 Å². The van der Waals surface area contributed by atoms with Crippen molar-refractivity contribution < 1.29 is 9.59 Å². The van der Waals surface area contributed by atoms with Gasteiger partial charge in [0, 0.05) is 36.5 Å². The van der Waals surface area contributed by atoms with E-state index in [1.807, 2.05) is 18.2 Å². The molecule has 1 aliphatic heterocycles. The van der Waals surface area contributed by atoms with Gasteiger partial charge in [-0.1, -0.05) is 31.9 Å². The van der Waals surface area contributed by atoms with E-state index in [1.54, 1.807) is 17.2 Å². The summed E-state index contributed by atoms with van der Waals surface area (Å²) in [7, 11) is 0. The van der Waals surface area contributed by atoms with Crippen LogP contribution < -0.4 is 0 Å². The number of fused-ring (bicyclic) bond motifs is 1. The molecule has 0 N–H and O–H groups in total. The quantitative estimate of drug-likeness (QED) is 0.607. The molecule has 26 heavy (non-hydrogen) atoms. The fourth-order valence-electron chi connectivity index (χ4n) is 3.50. The van der Waals surface area contributed by atoms with Crippen molar-refractivity contribution in [3.05, 3.63) is 41.6 Å². The molecule has 1 aliphatic rings. The number of pyridine rings is 1. The molecule has 1 amide bonds. The summed E-state index contributed by atoms with van der Waals surface area (Å²) in [6, 6.07) is 7.65. The minimum atomic E-state index is -0.117. The van der Waals surface area contributed by atoms with Crippen LogP contribution in [0.5, 0.6) is 0 Å². The van der Waals surface area contributed by atoms with Crippen LogP contribution in [-0.4, -0.2) is 34.2 Å². The Bertz CT molecular complexity index is 879. The summed E-state index contributed by atoms with van der Waals surface area (Å²) in [6.07, 6.45) is 9.32. The van der Waals surface area contributed by atoms with Gasteiger partial charge in [0.05, 0.1) is 11.6 Å². The molecule has 1 saturated heterocycles. The molecule has 0 aliphatic carbocycles. The van der Waals surface area contributed by atoms with Crippen LogP contribution in [0.4, 0.5) is 0 Å². The highest BCUT2D eigenvalue weighted by Crippen LogP contribution is 2.24. The number of likely N-dealkylation sites (tertiary alicyclic amines) is 1. The molecule has 1 aromatic carbocycles.